The quantitative estimate of drug-likeness (QED) is 0.234. The number of carbonyl (C=O) groups is 2. The number of allylic oxidation sites excluding steroid dienone is 2. The average molecular weight is 558 g/mol. The summed E-state index contributed by atoms with van der Waals surface area (Å²) < 4.78 is 11.4. The van der Waals surface area contributed by atoms with E-state index in [2.05, 4.69) is 16.0 Å². The summed E-state index contributed by atoms with van der Waals surface area (Å²) in [6, 6.07) is 20.3. The van der Waals surface area contributed by atoms with Gasteiger partial charge in [0, 0.05) is 28.5 Å². The van der Waals surface area contributed by atoms with Gasteiger partial charge in [0.05, 0.1) is 30.3 Å². The lowest BCUT2D eigenvalue weighted by atomic mass is 9.79. The van der Waals surface area contributed by atoms with Crippen molar-refractivity contribution < 1.29 is 24.3 Å². The number of anilines is 3. The van der Waals surface area contributed by atoms with Gasteiger partial charge >= 0.3 is 0 Å². The van der Waals surface area contributed by atoms with Crippen molar-refractivity contribution >= 4 is 28.9 Å². The highest BCUT2D eigenvalue weighted by Crippen LogP contribution is 2.40. The van der Waals surface area contributed by atoms with Crippen LogP contribution in [0.2, 0.25) is 0 Å². The van der Waals surface area contributed by atoms with Crippen LogP contribution in [-0.4, -0.2) is 30.2 Å². The summed E-state index contributed by atoms with van der Waals surface area (Å²) in [5, 5.41) is 29.6. The van der Waals surface area contributed by atoms with E-state index < -0.39 is 17.7 Å². The SMILES string of the molecule is CCOc1ccccc1NC(=O)C1=C(C)NC(C)=C(C(=O)Nc2ccccc2OCC)C1c1ccc(N([O-])O)cc1. The molecule has 0 radical (unpaired) electrons. The molecule has 0 bridgehead atoms. The summed E-state index contributed by atoms with van der Waals surface area (Å²) in [6.07, 6.45) is 0. The van der Waals surface area contributed by atoms with E-state index in [-0.39, 0.29) is 10.9 Å². The topological polar surface area (TPSA) is 135 Å². The standard InChI is InChI=1S/C31H33N4O6/c1-5-40-25-13-9-7-11-23(25)33-30(36)27-19(3)32-20(4)28(29(27)21-15-17-22(18-16-21)35(38)39)31(37)34-24-12-8-10-14-26(24)41-6-2/h7-18,29,32,38H,5-6H2,1-4H3,(H,33,36)(H,34,37)/q-1. The Kier molecular flexibility index (Phi) is 9.28. The van der Waals surface area contributed by atoms with Crippen molar-refractivity contribution in [3.8, 4) is 11.5 Å². The fourth-order valence-electron chi connectivity index (χ4n) is 4.81. The number of para-hydroxylation sites is 4. The largest absolute Gasteiger partial charge is 0.733 e. The number of amides is 2. The van der Waals surface area contributed by atoms with Crippen molar-refractivity contribution in [2.45, 2.75) is 33.6 Å². The highest BCUT2D eigenvalue weighted by Gasteiger charge is 2.37. The molecule has 0 unspecified atom stereocenters. The minimum atomic E-state index is -0.817. The number of dihydropyridines is 1. The molecule has 1 heterocycles. The lowest BCUT2D eigenvalue weighted by Crippen LogP contribution is -2.35. The molecule has 0 fully saturated rings. The molecule has 4 rings (SSSR count). The lowest BCUT2D eigenvalue weighted by Gasteiger charge is -2.32. The third kappa shape index (κ3) is 6.51. The van der Waals surface area contributed by atoms with Gasteiger partial charge in [-0.2, -0.15) is 0 Å². The number of nitrogens with zero attached hydrogens (tertiary/aromatic N) is 1. The van der Waals surface area contributed by atoms with Gasteiger partial charge in [-0.15, -0.1) is 0 Å². The lowest BCUT2D eigenvalue weighted by molar-refractivity contribution is -0.113. The Hall–Kier alpha value is -4.80. The Labute approximate surface area is 238 Å². The zero-order valence-corrected chi connectivity index (χ0v) is 23.4. The van der Waals surface area contributed by atoms with Crippen LogP contribution in [-0.2, 0) is 9.59 Å². The molecule has 1 aliphatic heterocycles. The van der Waals surface area contributed by atoms with E-state index in [4.69, 9.17) is 9.47 Å². The number of nitrogens with one attached hydrogen (secondary N) is 3. The molecule has 2 amide bonds. The molecule has 4 N–H and O–H groups in total. The molecule has 214 valence electrons. The second-order valence-corrected chi connectivity index (χ2v) is 9.27. The summed E-state index contributed by atoms with van der Waals surface area (Å²) >= 11 is 0. The molecule has 1 aliphatic rings. The number of benzene rings is 3. The van der Waals surface area contributed by atoms with Crippen LogP contribution in [0.3, 0.4) is 0 Å². The summed E-state index contributed by atoms with van der Waals surface area (Å²) in [5.41, 5.74) is 3.28. The van der Waals surface area contributed by atoms with Crippen LogP contribution in [0.4, 0.5) is 17.1 Å². The van der Waals surface area contributed by atoms with E-state index in [1.165, 1.54) is 12.1 Å². The van der Waals surface area contributed by atoms with Gasteiger partial charge in [0.25, 0.3) is 11.8 Å². The minimum absolute atomic E-state index is 0.0115. The predicted octanol–water partition coefficient (Wildman–Crippen LogP) is 5.69. The first kappa shape index (κ1) is 29.2. The zero-order valence-electron chi connectivity index (χ0n) is 23.4. The highest BCUT2D eigenvalue weighted by molar-refractivity contribution is 6.12. The molecule has 10 heteroatoms. The van der Waals surface area contributed by atoms with Gasteiger partial charge in [-0.05, 0) is 69.7 Å². The van der Waals surface area contributed by atoms with E-state index in [1.54, 1.807) is 62.4 Å². The van der Waals surface area contributed by atoms with Crippen molar-refractivity contribution in [2.24, 2.45) is 0 Å². The third-order valence-corrected chi connectivity index (χ3v) is 6.57. The predicted molar refractivity (Wildman–Crippen MR) is 158 cm³/mol. The zero-order chi connectivity index (χ0) is 29.5. The van der Waals surface area contributed by atoms with Crippen LogP contribution in [0.5, 0.6) is 11.5 Å². The summed E-state index contributed by atoms with van der Waals surface area (Å²) in [6.45, 7) is 8.08. The van der Waals surface area contributed by atoms with Gasteiger partial charge in [0.2, 0.25) is 0 Å². The maximum absolute atomic E-state index is 13.9. The van der Waals surface area contributed by atoms with Crippen molar-refractivity contribution in [1.82, 2.24) is 5.32 Å². The van der Waals surface area contributed by atoms with E-state index in [0.717, 1.165) is 0 Å². The Morgan fingerprint density at radius 1 is 0.805 bits per heavy atom. The van der Waals surface area contributed by atoms with E-state index >= 15 is 0 Å². The summed E-state index contributed by atoms with van der Waals surface area (Å²) in [4.78, 5) is 27.9. The summed E-state index contributed by atoms with van der Waals surface area (Å²) in [5.74, 6) is -0.653. The van der Waals surface area contributed by atoms with Gasteiger partial charge in [-0.1, -0.05) is 36.4 Å². The van der Waals surface area contributed by atoms with Gasteiger partial charge in [-0.25, -0.2) is 0 Å². The van der Waals surface area contributed by atoms with E-state index in [1.807, 2.05) is 26.0 Å². The van der Waals surface area contributed by atoms with Crippen molar-refractivity contribution in [3.05, 3.63) is 106 Å². The first-order valence-electron chi connectivity index (χ1n) is 13.3. The van der Waals surface area contributed by atoms with E-state index in [9.17, 15) is 20.0 Å². The van der Waals surface area contributed by atoms with Gasteiger partial charge in [0.1, 0.15) is 11.5 Å². The maximum Gasteiger partial charge on any atom is 0.254 e. The van der Waals surface area contributed by atoms with Crippen molar-refractivity contribution in [2.75, 3.05) is 29.1 Å². The molecular weight excluding hydrogens is 524 g/mol. The molecular formula is C31H33N4O6-. The van der Waals surface area contributed by atoms with Crippen LogP contribution < -0.4 is 30.7 Å². The number of rotatable bonds is 10. The average Bonchev–Trinajstić information content (AvgIpc) is 2.95. The fourth-order valence-corrected chi connectivity index (χ4v) is 4.81. The number of hydrogen-bond donors (Lipinski definition) is 4. The van der Waals surface area contributed by atoms with Crippen LogP contribution in [0.1, 0.15) is 39.2 Å². The van der Waals surface area contributed by atoms with Crippen molar-refractivity contribution in [1.29, 1.82) is 0 Å². The van der Waals surface area contributed by atoms with Crippen molar-refractivity contribution in [3.63, 3.8) is 0 Å². The third-order valence-electron chi connectivity index (χ3n) is 6.57. The van der Waals surface area contributed by atoms with Crippen LogP contribution in [0.25, 0.3) is 0 Å². The molecule has 0 atom stereocenters. The molecule has 0 aromatic heterocycles. The number of carbonyl (C=O) groups excluding carboxylic acids is 2. The van der Waals surface area contributed by atoms with E-state index in [0.29, 0.717) is 64.2 Å². The normalized spacial score (nSPS) is 13.4. The molecule has 41 heavy (non-hydrogen) atoms. The molecule has 0 aliphatic carbocycles. The van der Waals surface area contributed by atoms with Gasteiger partial charge < -0.3 is 35.9 Å². The van der Waals surface area contributed by atoms with Gasteiger partial charge in [0.15, 0.2) is 0 Å². The van der Waals surface area contributed by atoms with Gasteiger partial charge in [-0.3, -0.25) is 14.8 Å². The van der Waals surface area contributed by atoms with Crippen LogP contribution in [0, 0.1) is 5.21 Å². The first-order valence-corrected chi connectivity index (χ1v) is 13.3. The Bertz CT molecular complexity index is 1390. The molecule has 0 spiro atoms. The number of hydrogen-bond acceptors (Lipinski definition) is 8. The molecule has 3 aromatic carbocycles. The molecule has 3 aromatic rings. The first-order chi connectivity index (χ1) is 19.7. The number of ether oxygens (including phenoxy) is 2. The monoisotopic (exact) mass is 557 g/mol. The Morgan fingerprint density at radius 3 is 1.66 bits per heavy atom. The second-order valence-electron chi connectivity index (χ2n) is 9.27. The highest BCUT2D eigenvalue weighted by atomic mass is 16.8. The fraction of sp³-hybridized carbons (Fsp3) is 0.226. The smallest absolute Gasteiger partial charge is 0.254 e. The second kappa shape index (κ2) is 13.0. The van der Waals surface area contributed by atoms with Crippen LogP contribution >= 0.6 is 0 Å². The molecule has 10 nitrogen and oxygen atoms in total. The maximum atomic E-state index is 13.9. The minimum Gasteiger partial charge on any atom is -0.733 e. The summed E-state index contributed by atoms with van der Waals surface area (Å²) in [7, 11) is 0. The molecule has 0 saturated carbocycles. The Morgan fingerprint density at radius 2 is 1.24 bits per heavy atom. The molecule has 0 saturated heterocycles. The van der Waals surface area contributed by atoms with Crippen LogP contribution in [0.15, 0.2) is 95.3 Å². The Balaban J connectivity index is 1.78.